The SMILES string of the molecule is CCOc1ccc(C(=O)N[C@H](C(=O)NNC(=O)c2nn(CC)c(=O)c3ccccc23)C(C)C)cc1. The van der Waals surface area contributed by atoms with Gasteiger partial charge >= 0.3 is 0 Å². The number of nitrogens with zero attached hydrogens (tertiary/aromatic N) is 2. The van der Waals surface area contributed by atoms with E-state index in [4.69, 9.17) is 4.74 Å². The molecule has 35 heavy (non-hydrogen) atoms. The summed E-state index contributed by atoms with van der Waals surface area (Å²) < 4.78 is 6.56. The summed E-state index contributed by atoms with van der Waals surface area (Å²) in [4.78, 5) is 50.9. The zero-order valence-corrected chi connectivity index (χ0v) is 20.1. The molecule has 3 rings (SSSR count). The lowest BCUT2D eigenvalue weighted by molar-refractivity contribution is -0.124. The molecule has 3 aromatic rings. The van der Waals surface area contributed by atoms with Crippen LogP contribution in [0.5, 0.6) is 5.75 Å². The highest BCUT2D eigenvalue weighted by Gasteiger charge is 2.26. The van der Waals surface area contributed by atoms with Gasteiger partial charge in [0, 0.05) is 17.5 Å². The summed E-state index contributed by atoms with van der Waals surface area (Å²) in [7, 11) is 0. The van der Waals surface area contributed by atoms with Gasteiger partial charge in [0.15, 0.2) is 5.69 Å². The van der Waals surface area contributed by atoms with Crippen LogP contribution in [0, 0.1) is 5.92 Å². The molecule has 0 aliphatic heterocycles. The van der Waals surface area contributed by atoms with Crippen LogP contribution >= 0.6 is 0 Å². The van der Waals surface area contributed by atoms with E-state index in [2.05, 4.69) is 21.3 Å². The lowest BCUT2D eigenvalue weighted by atomic mass is 10.0. The van der Waals surface area contributed by atoms with Gasteiger partial charge in [-0.1, -0.05) is 32.0 Å². The van der Waals surface area contributed by atoms with Gasteiger partial charge in [-0.2, -0.15) is 5.10 Å². The Labute approximate surface area is 202 Å². The first kappa shape index (κ1) is 25.4. The smallest absolute Gasteiger partial charge is 0.290 e. The van der Waals surface area contributed by atoms with Crippen molar-refractivity contribution in [1.29, 1.82) is 0 Å². The molecule has 0 saturated heterocycles. The number of hydrogen-bond acceptors (Lipinski definition) is 6. The second-order valence-electron chi connectivity index (χ2n) is 8.11. The molecule has 1 atom stereocenters. The summed E-state index contributed by atoms with van der Waals surface area (Å²) >= 11 is 0. The zero-order chi connectivity index (χ0) is 25.5. The highest BCUT2D eigenvalue weighted by molar-refractivity contribution is 6.05. The standard InChI is InChI=1S/C25H29N5O5/c1-5-30-25(34)19-10-8-7-9-18(19)21(29-30)24(33)28-27-23(32)20(15(3)4)26-22(31)16-11-13-17(14-12-16)35-6-2/h7-15,20H,5-6H2,1-4H3,(H,26,31)(H,27,32)(H,28,33)/t20-/m0/s1. The van der Waals surface area contributed by atoms with Gasteiger partial charge in [-0.3, -0.25) is 30.0 Å². The first-order chi connectivity index (χ1) is 16.8. The molecule has 1 aromatic heterocycles. The van der Waals surface area contributed by atoms with Gasteiger partial charge in [-0.05, 0) is 50.1 Å². The van der Waals surface area contributed by atoms with Crippen LogP contribution in [0.3, 0.4) is 0 Å². The lowest BCUT2D eigenvalue weighted by Gasteiger charge is -2.22. The summed E-state index contributed by atoms with van der Waals surface area (Å²) in [6, 6.07) is 12.3. The second kappa shape index (κ2) is 11.3. The van der Waals surface area contributed by atoms with Crippen LogP contribution in [0.2, 0.25) is 0 Å². The van der Waals surface area contributed by atoms with Crippen LogP contribution in [-0.4, -0.2) is 40.2 Å². The Balaban J connectivity index is 1.72. The van der Waals surface area contributed by atoms with Crippen molar-refractivity contribution in [2.75, 3.05) is 6.61 Å². The van der Waals surface area contributed by atoms with E-state index in [0.29, 0.717) is 28.7 Å². The maximum atomic E-state index is 12.9. The third kappa shape index (κ3) is 5.84. The van der Waals surface area contributed by atoms with Crippen LogP contribution in [0.4, 0.5) is 0 Å². The number of carbonyl (C=O) groups excluding carboxylic acids is 3. The molecule has 0 aliphatic carbocycles. The van der Waals surface area contributed by atoms with Gasteiger partial charge in [0.25, 0.3) is 23.3 Å². The van der Waals surface area contributed by atoms with E-state index in [-0.39, 0.29) is 23.7 Å². The number of rotatable bonds is 8. The average Bonchev–Trinajstić information content (AvgIpc) is 2.86. The van der Waals surface area contributed by atoms with Crippen LogP contribution in [0.25, 0.3) is 10.8 Å². The topological polar surface area (TPSA) is 131 Å². The molecule has 0 bridgehead atoms. The number of ether oxygens (including phenoxy) is 1. The van der Waals surface area contributed by atoms with Crippen LogP contribution in [0.1, 0.15) is 48.5 Å². The van der Waals surface area contributed by atoms with Crippen molar-refractivity contribution < 1.29 is 19.1 Å². The molecule has 0 unspecified atom stereocenters. The molecule has 0 fully saturated rings. The minimum atomic E-state index is -0.913. The summed E-state index contributed by atoms with van der Waals surface area (Å²) in [6.45, 7) is 7.95. The number of carbonyl (C=O) groups is 3. The summed E-state index contributed by atoms with van der Waals surface area (Å²) in [6.07, 6.45) is 0. The molecule has 0 aliphatic rings. The minimum Gasteiger partial charge on any atom is -0.494 e. The molecule has 3 amide bonds. The summed E-state index contributed by atoms with van der Waals surface area (Å²) in [5.41, 5.74) is 4.77. The first-order valence-electron chi connectivity index (χ1n) is 11.4. The van der Waals surface area contributed by atoms with Crippen molar-refractivity contribution in [3.63, 3.8) is 0 Å². The van der Waals surface area contributed by atoms with Crippen molar-refractivity contribution >= 4 is 28.5 Å². The molecular formula is C25H29N5O5. The van der Waals surface area contributed by atoms with E-state index < -0.39 is 23.8 Å². The first-order valence-corrected chi connectivity index (χ1v) is 11.4. The van der Waals surface area contributed by atoms with Crippen molar-refractivity contribution in [1.82, 2.24) is 25.9 Å². The maximum Gasteiger partial charge on any atom is 0.290 e. The number of benzene rings is 2. The van der Waals surface area contributed by atoms with Gasteiger partial charge in [-0.15, -0.1) is 0 Å². The van der Waals surface area contributed by atoms with Gasteiger partial charge in [-0.25, -0.2) is 4.68 Å². The molecule has 0 saturated carbocycles. The van der Waals surface area contributed by atoms with E-state index in [9.17, 15) is 19.2 Å². The van der Waals surface area contributed by atoms with Gasteiger partial charge in [0.05, 0.1) is 12.0 Å². The normalized spacial score (nSPS) is 11.7. The van der Waals surface area contributed by atoms with E-state index in [1.54, 1.807) is 69.3 Å². The van der Waals surface area contributed by atoms with E-state index in [1.165, 1.54) is 4.68 Å². The number of aromatic nitrogens is 2. The molecule has 1 heterocycles. The molecule has 0 radical (unpaired) electrons. The third-order valence-electron chi connectivity index (χ3n) is 5.34. The number of nitrogens with one attached hydrogen (secondary N) is 3. The molecule has 0 spiro atoms. The molecule has 2 aromatic carbocycles. The number of amides is 3. The fourth-order valence-corrected chi connectivity index (χ4v) is 3.50. The highest BCUT2D eigenvalue weighted by atomic mass is 16.5. The van der Waals surface area contributed by atoms with Gasteiger partial charge in [0.1, 0.15) is 11.8 Å². The average molecular weight is 480 g/mol. The maximum absolute atomic E-state index is 12.9. The Morgan fingerprint density at radius 3 is 2.20 bits per heavy atom. The van der Waals surface area contributed by atoms with E-state index >= 15 is 0 Å². The Morgan fingerprint density at radius 2 is 1.60 bits per heavy atom. The van der Waals surface area contributed by atoms with Crippen molar-refractivity contribution in [3.05, 3.63) is 70.1 Å². The highest BCUT2D eigenvalue weighted by Crippen LogP contribution is 2.14. The lowest BCUT2D eigenvalue weighted by Crippen LogP contribution is -2.54. The van der Waals surface area contributed by atoms with E-state index in [0.717, 1.165) is 0 Å². The zero-order valence-electron chi connectivity index (χ0n) is 20.1. The molecule has 3 N–H and O–H groups in total. The molecule has 10 heteroatoms. The monoisotopic (exact) mass is 479 g/mol. The summed E-state index contributed by atoms with van der Waals surface area (Å²) in [5, 5.41) is 7.57. The number of hydrazine groups is 1. The predicted octanol–water partition coefficient (Wildman–Crippen LogP) is 2.03. The van der Waals surface area contributed by atoms with Crippen LogP contribution < -0.4 is 26.5 Å². The Kier molecular flexibility index (Phi) is 8.19. The van der Waals surface area contributed by atoms with Crippen LogP contribution in [-0.2, 0) is 11.3 Å². The van der Waals surface area contributed by atoms with Gasteiger partial charge in [0.2, 0.25) is 0 Å². The fourth-order valence-electron chi connectivity index (χ4n) is 3.50. The number of aryl methyl sites for hydroxylation is 1. The minimum absolute atomic E-state index is 0.00173. The van der Waals surface area contributed by atoms with Crippen molar-refractivity contribution in [3.8, 4) is 5.75 Å². The van der Waals surface area contributed by atoms with Gasteiger partial charge < -0.3 is 10.1 Å². The third-order valence-corrected chi connectivity index (χ3v) is 5.34. The van der Waals surface area contributed by atoms with Crippen molar-refractivity contribution in [2.24, 2.45) is 5.92 Å². The predicted molar refractivity (Wildman–Crippen MR) is 131 cm³/mol. The second-order valence-corrected chi connectivity index (χ2v) is 8.11. The number of fused-ring (bicyclic) bond motifs is 1. The largest absolute Gasteiger partial charge is 0.494 e. The Bertz CT molecular complexity index is 1280. The molecule has 10 nitrogen and oxygen atoms in total. The molecule has 184 valence electrons. The Morgan fingerprint density at radius 1 is 0.943 bits per heavy atom. The Hall–Kier alpha value is -4.21. The van der Waals surface area contributed by atoms with E-state index in [1.807, 2.05) is 6.92 Å². The fraction of sp³-hybridized carbons (Fsp3) is 0.320. The van der Waals surface area contributed by atoms with Crippen molar-refractivity contribution in [2.45, 2.75) is 40.3 Å². The molecular weight excluding hydrogens is 450 g/mol. The summed E-state index contributed by atoms with van der Waals surface area (Å²) in [5.74, 6) is -1.34. The quantitative estimate of drug-likeness (QED) is 0.424. The van der Waals surface area contributed by atoms with Crippen LogP contribution in [0.15, 0.2) is 53.3 Å². The number of hydrogen-bond donors (Lipinski definition) is 3.